The number of fused-ring (bicyclic) bond motifs is 1. The molecule has 2 aromatic carbocycles. The molecule has 2 aromatic heterocycles. The Kier molecular flexibility index (Phi) is 6.49. The molecule has 0 fully saturated rings. The third-order valence-corrected chi connectivity index (χ3v) is 6.20. The molecule has 0 saturated carbocycles. The highest BCUT2D eigenvalue weighted by atomic mass is 35.5. The summed E-state index contributed by atoms with van der Waals surface area (Å²) in [7, 11) is 1.65. The maximum atomic E-state index is 12.9. The van der Waals surface area contributed by atoms with Crippen LogP contribution in [0.5, 0.6) is 11.5 Å². The van der Waals surface area contributed by atoms with Gasteiger partial charge in [-0.2, -0.15) is 0 Å². The number of aryl methyl sites for hydroxylation is 2. The van der Waals surface area contributed by atoms with Gasteiger partial charge in [-0.25, -0.2) is 0 Å². The van der Waals surface area contributed by atoms with Crippen molar-refractivity contribution >= 4 is 28.4 Å². The van der Waals surface area contributed by atoms with E-state index in [2.05, 4.69) is 10.3 Å². The number of rotatable bonds is 6. The predicted molar refractivity (Wildman–Crippen MR) is 138 cm³/mol. The largest absolute Gasteiger partial charge is 0.455 e. The van der Waals surface area contributed by atoms with Gasteiger partial charge in [0.25, 0.3) is 11.5 Å². The highest BCUT2D eigenvalue weighted by Gasteiger charge is 2.23. The Morgan fingerprint density at radius 3 is 2.60 bits per heavy atom. The number of para-hydroxylation sites is 1. The molecule has 3 N–H and O–H groups in total. The first-order valence-corrected chi connectivity index (χ1v) is 11.7. The van der Waals surface area contributed by atoms with Crippen LogP contribution in [0.15, 0.2) is 53.5 Å². The topological polar surface area (TPSA) is 96.3 Å². The zero-order chi connectivity index (χ0) is 25.5. The molecule has 0 aliphatic rings. The second-order valence-electron chi connectivity index (χ2n) is 9.05. The number of halogens is 1. The van der Waals surface area contributed by atoms with Gasteiger partial charge in [-0.15, -0.1) is 0 Å². The van der Waals surface area contributed by atoms with Gasteiger partial charge in [0.05, 0.1) is 10.6 Å². The van der Waals surface area contributed by atoms with E-state index in [1.807, 2.05) is 32.0 Å². The van der Waals surface area contributed by atoms with Gasteiger partial charge < -0.3 is 24.7 Å². The monoisotopic (exact) mass is 493 g/mol. The first-order valence-electron chi connectivity index (χ1n) is 11.3. The molecular formula is C27H28ClN3O4. The van der Waals surface area contributed by atoms with Crippen molar-refractivity contribution in [1.82, 2.24) is 14.9 Å². The quantitative estimate of drug-likeness (QED) is 0.341. The zero-order valence-electron chi connectivity index (χ0n) is 20.3. The van der Waals surface area contributed by atoms with E-state index in [4.69, 9.17) is 16.3 Å². The summed E-state index contributed by atoms with van der Waals surface area (Å²) in [5.41, 5.74) is 2.05. The van der Waals surface area contributed by atoms with Gasteiger partial charge in [-0.3, -0.25) is 9.59 Å². The molecule has 0 radical (unpaired) electrons. The number of aliphatic hydroxyl groups is 1. The number of nitrogens with one attached hydrogen (secondary N) is 2. The molecule has 182 valence electrons. The molecule has 0 aliphatic heterocycles. The summed E-state index contributed by atoms with van der Waals surface area (Å²) in [6, 6.07) is 12.6. The van der Waals surface area contributed by atoms with Gasteiger partial charge in [-0.05, 0) is 63.1 Å². The van der Waals surface area contributed by atoms with Crippen molar-refractivity contribution in [1.29, 1.82) is 0 Å². The van der Waals surface area contributed by atoms with Crippen molar-refractivity contribution in [2.75, 3.05) is 6.54 Å². The molecule has 4 rings (SSSR count). The molecule has 7 nitrogen and oxygen atoms in total. The Morgan fingerprint density at radius 1 is 1.20 bits per heavy atom. The number of carbonyl (C=O) groups is 1. The van der Waals surface area contributed by atoms with Crippen LogP contribution in [0.4, 0.5) is 0 Å². The lowest BCUT2D eigenvalue weighted by atomic mass is 9.93. The van der Waals surface area contributed by atoms with Gasteiger partial charge in [-0.1, -0.05) is 29.8 Å². The fourth-order valence-electron chi connectivity index (χ4n) is 3.99. The van der Waals surface area contributed by atoms with Crippen LogP contribution in [0.3, 0.4) is 0 Å². The fourth-order valence-corrected chi connectivity index (χ4v) is 4.25. The van der Waals surface area contributed by atoms with E-state index in [-0.39, 0.29) is 17.2 Å². The van der Waals surface area contributed by atoms with Crippen molar-refractivity contribution in [3.05, 3.63) is 80.9 Å². The minimum Gasteiger partial charge on any atom is -0.455 e. The highest BCUT2D eigenvalue weighted by molar-refractivity contribution is 6.32. The minimum atomic E-state index is -1.11. The average Bonchev–Trinajstić information content (AvgIpc) is 3.24. The number of hydrogen-bond acceptors (Lipinski definition) is 4. The van der Waals surface area contributed by atoms with E-state index in [1.165, 1.54) is 4.57 Å². The van der Waals surface area contributed by atoms with Crippen molar-refractivity contribution < 1.29 is 14.6 Å². The third-order valence-electron chi connectivity index (χ3n) is 5.90. The molecule has 8 heteroatoms. The number of ether oxygens (including phenoxy) is 1. The van der Waals surface area contributed by atoms with Crippen molar-refractivity contribution in [3.8, 4) is 22.6 Å². The smallest absolute Gasteiger partial charge is 0.274 e. The standard InChI is InChI=1S/C27H28ClN3O4/c1-6-29-25(32)21-13-18-19(14-31(5)26(33)23(18)30-21)17-12-16(27(3,4)34)10-11-22(17)35-24-15(2)8-7-9-20(24)28/h7-14,30,34H,6H2,1-5H3,(H,29,32). The zero-order valence-corrected chi connectivity index (χ0v) is 21.1. The van der Waals surface area contributed by atoms with Gasteiger partial charge in [0.1, 0.15) is 22.7 Å². The Morgan fingerprint density at radius 2 is 1.94 bits per heavy atom. The normalized spacial score (nSPS) is 11.6. The molecular weight excluding hydrogens is 466 g/mol. The summed E-state index contributed by atoms with van der Waals surface area (Å²) >= 11 is 6.43. The van der Waals surface area contributed by atoms with E-state index in [0.717, 1.165) is 5.56 Å². The van der Waals surface area contributed by atoms with Crippen molar-refractivity contribution in [3.63, 3.8) is 0 Å². The summed E-state index contributed by atoms with van der Waals surface area (Å²) in [6.45, 7) is 7.59. The summed E-state index contributed by atoms with van der Waals surface area (Å²) in [5.74, 6) is 0.713. The van der Waals surface area contributed by atoms with Crippen LogP contribution >= 0.6 is 11.6 Å². The molecule has 0 atom stereocenters. The number of hydrogen-bond donors (Lipinski definition) is 3. The number of benzene rings is 2. The molecule has 0 spiro atoms. The first-order chi connectivity index (χ1) is 16.5. The number of aromatic nitrogens is 2. The second-order valence-corrected chi connectivity index (χ2v) is 9.46. The molecule has 1 amide bonds. The SMILES string of the molecule is CCNC(=O)c1cc2c(-c3cc(C(C)(C)O)ccc3Oc3c(C)cccc3Cl)cn(C)c(=O)c2[nH]1. The number of nitrogens with zero attached hydrogens (tertiary/aromatic N) is 1. The molecule has 0 unspecified atom stereocenters. The fraction of sp³-hybridized carbons (Fsp3) is 0.259. The molecule has 0 aliphatic carbocycles. The summed E-state index contributed by atoms with van der Waals surface area (Å²) in [6.07, 6.45) is 1.70. The molecule has 4 aromatic rings. The Hall–Kier alpha value is -3.55. The van der Waals surface area contributed by atoms with E-state index in [0.29, 0.717) is 50.7 Å². The Labute approximate surface area is 208 Å². The lowest BCUT2D eigenvalue weighted by molar-refractivity contribution is 0.0786. The molecule has 0 saturated heterocycles. The number of H-pyrrole nitrogens is 1. The van der Waals surface area contributed by atoms with E-state index >= 15 is 0 Å². The van der Waals surface area contributed by atoms with Crippen LogP contribution in [0, 0.1) is 6.92 Å². The lowest BCUT2D eigenvalue weighted by Crippen LogP contribution is -2.23. The first kappa shape index (κ1) is 24.6. The van der Waals surface area contributed by atoms with Crippen molar-refractivity contribution in [2.45, 2.75) is 33.3 Å². The highest BCUT2D eigenvalue weighted by Crippen LogP contribution is 2.41. The van der Waals surface area contributed by atoms with Gasteiger partial charge in [0.2, 0.25) is 0 Å². The van der Waals surface area contributed by atoms with Crippen LogP contribution in [0.2, 0.25) is 5.02 Å². The van der Waals surface area contributed by atoms with Gasteiger partial charge >= 0.3 is 0 Å². The second kappa shape index (κ2) is 9.24. The molecule has 2 heterocycles. The van der Waals surface area contributed by atoms with Gasteiger partial charge in [0.15, 0.2) is 0 Å². The number of amides is 1. The van der Waals surface area contributed by atoms with Crippen LogP contribution in [-0.2, 0) is 12.6 Å². The maximum absolute atomic E-state index is 12.9. The van der Waals surface area contributed by atoms with E-state index in [9.17, 15) is 14.7 Å². The molecule has 35 heavy (non-hydrogen) atoms. The Balaban J connectivity index is 2.00. The number of carbonyl (C=O) groups excluding carboxylic acids is 1. The van der Waals surface area contributed by atoms with Crippen LogP contribution in [-0.4, -0.2) is 27.1 Å². The predicted octanol–water partition coefficient (Wildman–Crippen LogP) is 5.26. The summed E-state index contributed by atoms with van der Waals surface area (Å²) in [5, 5.41) is 14.5. The van der Waals surface area contributed by atoms with Crippen LogP contribution in [0.1, 0.15) is 42.4 Å². The van der Waals surface area contributed by atoms with Crippen LogP contribution in [0.25, 0.3) is 22.0 Å². The van der Waals surface area contributed by atoms with E-state index in [1.54, 1.807) is 51.4 Å². The third kappa shape index (κ3) is 4.70. The molecule has 0 bridgehead atoms. The lowest BCUT2D eigenvalue weighted by Gasteiger charge is -2.21. The summed E-state index contributed by atoms with van der Waals surface area (Å²) in [4.78, 5) is 28.4. The van der Waals surface area contributed by atoms with E-state index < -0.39 is 5.60 Å². The Bertz CT molecular complexity index is 1470. The summed E-state index contributed by atoms with van der Waals surface area (Å²) < 4.78 is 7.77. The van der Waals surface area contributed by atoms with Crippen molar-refractivity contribution in [2.24, 2.45) is 7.05 Å². The maximum Gasteiger partial charge on any atom is 0.274 e. The average molecular weight is 494 g/mol. The number of aromatic amines is 1. The number of pyridine rings is 1. The minimum absolute atomic E-state index is 0.262. The van der Waals surface area contributed by atoms with Gasteiger partial charge in [0, 0.05) is 36.3 Å². The van der Waals surface area contributed by atoms with Crippen LogP contribution < -0.4 is 15.6 Å².